The molecule has 0 spiro atoms. The zero-order chi connectivity index (χ0) is 12.8. The minimum Gasteiger partial charge on any atom is -0.453 e. The van der Waals surface area contributed by atoms with E-state index in [4.69, 9.17) is 9.15 Å². The Morgan fingerprint density at radius 1 is 1.44 bits per heavy atom. The third kappa shape index (κ3) is 4.11. The van der Waals surface area contributed by atoms with Gasteiger partial charge in [0.25, 0.3) is 0 Å². The first-order valence-electron chi connectivity index (χ1n) is 6.90. The number of ether oxygens (including phenoxy) is 1. The first kappa shape index (κ1) is 14.1. The molecule has 1 aromatic rings. The van der Waals surface area contributed by atoms with Crippen molar-refractivity contribution >= 4 is 15.9 Å². The molecular formula is C14H22BrNO2. The molecule has 1 aliphatic heterocycles. The lowest BCUT2D eigenvalue weighted by Gasteiger charge is -2.24. The highest BCUT2D eigenvalue weighted by molar-refractivity contribution is 9.10. The van der Waals surface area contributed by atoms with Crippen molar-refractivity contribution in [2.75, 3.05) is 13.2 Å². The van der Waals surface area contributed by atoms with Gasteiger partial charge in [0, 0.05) is 6.61 Å². The minimum atomic E-state index is 0.298. The van der Waals surface area contributed by atoms with Gasteiger partial charge in [0.1, 0.15) is 5.76 Å². The Hall–Kier alpha value is -0.320. The van der Waals surface area contributed by atoms with Crippen molar-refractivity contribution in [3.05, 3.63) is 22.6 Å². The Kier molecular flexibility index (Phi) is 5.73. The number of rotatable bonds is 6. The fraction of sp³-hybridized carbons (Fsp3) is 0.714. The number of nitrogens with one attached hydrogen (secondary N) is 1. The summed E-state index contributed by atoms with van der Waals surface area (Å²) in [6, 6.07) is 4.29. The molecule has 2 heterocycles. The number of hydrogen-bond donors (Lipinski definition) is 1. The molecule has 0 aliphatic carbocycles. The highest BCUT2D eigenvalue weighted by Gasteiger charge is 2.19. The molecule has 1 aliphatic rings. The SMILES string of the molecule is CCNC(CCC1CCCCO1)c1ccc(Br)o1. The van der Waals surface area contributed by atoms with Crippen LogP contribution in [0.4, 0.5) is 0 Å². The molecular weight excluding hydrogens is 294 g/mol. The van der Waals surface area contributed by atoms with E-state index in [1.165, 1.54) is 19.3 Å². The smallest absolute Gasteiger partial charge is 0.169 e. The van der Waals surface area contributed by atoms with Crippen LogP contribution in [-0.4, -0.2) is 19.3 Å². The Morgan fingerprint density at radius 3 is 2.94 bits per heavy atom. The molecule has 102 valence electrons. The van der Waals surface area contributed by atoms with Crippen LogP contribution >= 0.6 is 15.9 Å². The summed E-state index contributed by atoms with van der Waals surface area (Å²) < 4.78 is 12.2. The Morgan fingerprint density at radius 2 is 2.33 bits per heavy atom. The van der Waals surface area contributed by atoms with Crippen LogP contribution in [0.3, 0.4) is 0 Å². The van der Waals surface area contributed by atoms with Crippen LogP contribution in [0.1, 0.15) is 50.8 Å². The van der Waals surface area contributed by atoms with Gasteiger partial charge in [-0.1, -0.05) is 6.92 Å². The fourth-order valence-corrected chi connectivity index (χ4v) is 2.81. The quantitative estimate of drug-likeness (QED) is 0.860. The first-order valence-corrected chi connectivity index (χ1v) is 7.69. The van der Waals surface area contributed by atoms with Crippen LogP contribution in [0.5, 0.6) is 0 Å². The second kappa shape index (κ2) is 7.31. The van der Waals surface area contributed by atoms with Gasteiger partial charge < -0.3 is 14.5 Å². The lowest BCUT2D eigenvalue weighted by Crippen LogP contribution is -2.24. The highest BCUT2D eigenvalue weighted by atomic mass is 79.9. The molecule has 0 amide bonds. The molecule has 3 nitrogen and oxygen atoms in total. The van der Waals surface area contributed by atoms with Crippen LogP contribution in [0.15, 0.2) is 21.2 Å². The zero-order valence-electron chi connectivity index (χ0n) is 11.0. The maximum absolute atomic E-state index is 5.78. The van der Waals surface area contributed by atoms with Crippen LogP contribution in [0.2, 0.25) is 0 Å². The highest BCUT2D eigenvalue weighted by Crippen LogP contribution is 2.26. The molecule has 2 rings (SSSR count). The van der Waals surface area contributed by atoms with Crippen molar-refractivity contribution in [1.29, 1.82) is 0 Å². The average molecular weight is 316 g/mol. The fourth-order valence-electron chi connectivity index (χ4n) is 2.49. The monoisotopic (exact) mass is 315 g/mol. The van der Waals surface area contributed by atoms with Crippen molar-refractivity contribution in [3.63, 3.8) is 0 Å². The summed E-state index contributed by atoms with van der Waals surface area (Å²) in [4.78, 5) is 0. The molecule has 4 heteroatoms. The summed E-state index contributed by atoms with van der Waals surface area (Å²) in [5.74, 6) is 1.01. The maximum Gasteiger partial charge on any atom is 0.169 e. The molecule has 2 atom stereocenters. The van der Waals surface area contributed by atoms with E-state index in [0.29, 0.717) is 12.1 Å². The van der Waals surface area contributed by atoms with E-state index in [9.17, 15) is 0 Å². The number of furan rings is 1. The third-order valence-electron chi connectivity index (χ3n) is 3.44. The van der Waals surface area contributed by atoms with E-state index in [2.05, 4.69) is 28.2 Å². The van der Waals surface area contributed by atoms with Gasteiger partial charge >= 0.3 is 0 Å². The Bertz CT molecular complexity index is 347. The summed E-state index contributed by atoms with van der Waals surface area (Å²) in [6.07, 6.45) is 6.36. The van der Waals surface area contributed by atoms with Gasteiger partial charge in [-0.25, -0.2) is 0 Å². The van der Waals surface area contributed by atoms with Gasteiger partial charge in [-0.15, -0.1) is 0 Å². The predicted molar refractivity (Wildman–Crippen MR) is 75.7 cm³/mol. The Labute approximate surface area is 117 Å². The van der Waals surface area contributed by atoms with E-state index in [1.807, 2.05) is 12.1 Å². The molecule has 0 radical (unpaired) electrons. The van der Waals surface area contributed by atoms with Crippen molar-refractivity contribution in [3.8, 4) is 0 Å². The second-order valence-corrected chi connectivity index (χ2v) is 5.60. The molecule has 18 heavy (non-hydrogen) atoms. The standard InChI is InChI=1S/C14H22BrNO2/c1-2-16-12(13-8-9-14(15)18-13)7-6-11-5-3-4-10-17-11/h8-9,11-12,16H,2-7,10H2,1H3. The first-order chi connectivity index (χ1) is 8.79. The van der Waals surface area contributed by atoms with Crippen molar-refractivity contribution in [1.82, 2.24) is 5.32 Å². The molecule has 0 aromatic carbocycles. The van der Waals surface area contributed by atoms with Gasteiger partial charge in [0.15, 0.2) is 4.67 Å². The summed E-state index contributed by atoms with van der Waals surface area (Å²) in [5.41, 5.74) is 0. The predicted octanol–water partition coefficient (Wildman–Crippen LogP) is 4.04. The molecule has 0 bridgehead atoms. The second-order valence-electron chi connectivity index (χ2n) is 4.82. The van der Waals surface area contributed by atoms with E-state index >= 15 is 0 Å². The van der Waals surface area contributed by atoms with Gasteiger partial charge in [0.05, 0.1) is 12.1 Å². The van der Waals surface area contributed by atoms with Crippen molar-refractivity contribution in [2.24, 2.45) is 0 Å². The molecule has 0 saturated carbocycles. The zero-order valence-corrected chi connectivity index (χ0v) is 12.5. The molecule has 2 unspecified atom stereocenters. The normalized spacial score (nSPS) is 22.0. The largest absolute Gasteiger partial charge is 0.453 e. The van der Waals surface area contributed by atoms with Crippen LogP contribution in [-0.2, 0) is 4.74 Å². The van der Waals surface area contributed by atoms with Crippen LogP contribution in [0, 0.1) is 0 Å². The molecule has 1 saturated heterocycles. The maximum atomic E-state index is 5.78. The molecule has 1 N–H and O–H groups in total. The van der Waals surface area contributed by atoms with Gasteiger partial charge in [0.2, 0.25) is 0 Å². The van der Waals surface area contributed by atoms with Crippen molar-refractivity contribution < 1.29 is 9.15 Å². The van der Waals surface area contributed by atoms with Gasteiger partial charge in [-0.2, -0.15) is 0 Å². The van der Waals surface area contributed by atoms with E-state index in [-0.39, 0.29) is 0 Å². The van der Waals surface area contributed by atoms with E-state index in [1.54, 1.807) is 0 Å². The Balaban J connectivity index is 1.85. The van der Waals surface area contributed by atoms with Gasteiger partial charge in [-0.05, 0) is 66.7 Å². The molecule has 1 fully saturated rings. The van der Waals surface area contributed by atoms with Crippen LogP contribution < -0.4 is 5.32 Å². The van der Waals surface area contributed by atoms with Gasteiger partial charge in [-0.3, -0.25) is 0 Å². The van der Waals surface area contributed by atoms with E-state index < -0.39 is 0 Å². The number of hydrogen-bond acceptors (Lipinski definition) is 3. The van der Waals surface area contributed by atoms with Crippen LogP contribution in [0.25, 0.3) is 0 Å². The lowest BCUT2D eigenvalue weighted by atomic mass is 10.0. The average Bonchev–Trinajstić information content (AvgIpc) is 2.82. The summed E-state index contributed by atoms with van der Waals surface area (Å²) >= 11 is 3.36. The summed E-state index contributed by atoms with van der Waals surface area (Å²) in [6.45, 7) is 4.01. The molecule has 1 aromatic heterocycles. The topological polar surface area (TPSA) is 34.4 Å². The summed E-state index contributed by atoms with van der Waals surface area (Å²) in [7, 11) is 0. The van der Waals surface area contributed by atoms with E-state index in [0.717, 1.165) is 36.4 Å². The third-order valence-corrected chi connectivity index (χ3v) is 3.87. The minimum absolute atomic E-state index is 0.298. The summed E-state index contributed by atoms with van der Waals surface area (Å²) in [5, 5.41) is 3.48. The van der Waals surface area contributed by atoms with Crippen molar-refractivity contribution in [2.45, 2.75) is 51.2 Å². The lowest BCUT2D eigenvalue weighted by molar-refractivity contribution is 0.00822. The number of halogens is 1.